The fraction of sp³-hybridized carbons (Fsp3) is 0.944. The number of hydrogen-bond donors (Lipinski definition) is 0. The maximum Gasteiger partial charge on any atom is 0.0444 e. The molecule has 0 radical (unpaired) electrons. The molecule has 1 nitrogen and oxygen atoms in total. The van der Waals surface area contributed by atoms with Crippen LogP contribution in [0.15, 0.2) is 4.99 Å². The predicted octanol–water partition coefficient (Wildman–Crippen LogP) is 5.35. The maximum absolute atomic E-state index is 4.87. The minimum atomic E-state index is 0.464. The van der Waals surface area contributed by atoms with Crippen molar-refractivity contribution in [3.05, 3.63) is 0 Å². The molecule has 5 atom stereocenters. The SMILES string of the molecule is CCC1(C)CCC1(C)CN=CC1CCC(C)C(C)C1. The second-order valence-corrected chi connectivity index (χ2v) is 7.99. The van der Waals surface area contributed by atoms with Gasteiger partial charge in [-0.1, -0.05) is 41.0 Å². The van der Waals surface area contributed by atoms with E-state index in [9.17, 15) is 0 Å². The largest absolute Gasteiger partial charge is 0.297 e. The maximum atomic E-state index is 4.87. The van der Waals surface area contributed by atoms with Gasteiger partial charge in [-0.15, -0.1) is 0 Å². The first-order valence-electron chi connectivity index (χ1n) is 8.40. The summed E-state index contributed by atoms with van der Waals surface area (Å²) in [7, 11) is 0. The Bertz CT molecular complexity index is 331. The Morgan fingerprint density at radius 3 is 2.26 bits per heavy atom. The molecule has 0 aromatic carbocycles. The number of rotatable bonds is 4. The molecule has 0 aromatic rings. The third-order valence-electron chi connectivity index (χ3n) is 6.86. The Morgan fingerprint density at radius 1 is 1.05 bits per heavy atom. The van der Waals surface area contributed by atoms with E-state index in [2.05, 4.69) is 40.8 Å². The normalized spacial score (nSPS) is 47.3. The van der Waals surface area contributed by atoms with Crippen molar-refractivity contribution >= 4 is 6.21 Å². The van der Waals surface area contributed by atoms with Gasteiger partial charge in [0.2, 0.25) is 0 Å². The van der Waals surface area contributed by atoms with Gasteiger partial charge in [0.25, 0.3) is 0 Å². The second-order valence-electron chi connectivity index (χ2n) is 7.99. The highest BCUT2D eigenvalue weighted by molar-refractivity contribution is 5.61. The van der Waals surface area contributed by atoms with E-state index in [0.29, 0.717) is 10.8 Å². The fourth-order valence-corrected chi connectivity index (χ4v) is 3.98. The van der Waals surface area contributed by atoms with Gasteiger partial charge in [0, 0.05) is 12.8 Å². The van der Waals surface area contributed by atoms with Gasteiger partial charge in [0.1, 0.15) is 0 Å². The Hall–Kier alpha value is -0.330. The van der Waals surface area contributed by atoms with E-state index >= 15 is 0 Å². The van der Waals surface area contributed by atoms with Crippen LogP contribution in [0.4, 0.5) is 0 Å². The van der Waals surface area contributed by atoms with Crippen LogP contribution >= 0.6 is 0 Å². The first kappa shape index (κ1) is 15.1. The van der Waals surface area contributed by atoms with Crippen molar-refractivity contribution in [1.82, 2.24) is 0 Å². The van der Waals surface area contributed by atoms with E-state index < -0.39 is 0 Å². The molecule has 1 heteroatoms. The molecule has 19 heavy (non-hydrogen) atoms. The van der Waals surface area contributed by atoms with Crippen LogP contribution in [0.25, 0.3) is 0 Å². The highest BCUT2D eigenvalue weighted by Gasteiger charge is 2.50. The monoisotopic (exact) mass is 263 g/mol. The lowest BCUT2D eigenvalue weighted by molar-refractivity contribution is -0.0453. The van der Waals surface area contributed by atoms with Gasteiger partial charge in [-0.2, -0.15) is 0 Å². The standard InChI is InChI=1S/C18H33N/c1-6-17(4)9-10-18(17,5)13-19-12-16-8-7-14(2)15(3)11-16/h12,14-16H,6-11,13H2,1-5H3. The van der Waals surface area contributed by atoms with Crippen LogP contribution in [0.3, 0.4) is 0 Å². The summed E-state index contributed by atoms with van der Waals surface area (Å²) >= 11 is 0. The van der Waals surface area contributed by atoms with Crippen molar-refractivity contribution in [3.8, 4) is 0 Å². The van der Waals surface area contributed by atoms with Crippen molar-refractivity contribution in [2.75, 3.05) is 6.54 Å². The molecule has 110 valence electrons. The second kappa shape index (κ2) is 5.58. The van der Waals surface area contributed by atoms with Crippen molar-refractivity contribution in [2.24, 2.45) is 33.6 Å². The summed E-state index contributed by atoms with van der Waals surface area (Å²) in [6.45, 7) is 13.1. The minimum absolute atomic E-state index is 0.464. The topological polar surface area (TPSA) is 12.4 Å². The Balaban J connectivity index is 1.84. The first-order chi connectivity index (χ1) is 8.90. The first-order valence-corrected chi connectivity index (χ1v) is 8.40. The third-order valence-corrected chi connectivity index (χ3v) is 6.86. The summed E-state index contributed by atoms with van der Waals surface area (Å²) in [6, 6.07) is 0. The van der Waals surface area contributed by atoms with E-state index in [4.69, 9.17) is 4.99 Å². The summed E-state index contributed by atoms with van der Waals surface area (Å²) in [4.78, 5) is 4.87. The average molecular weight is 263 g/mol. The quantitative estimate of drug-likeness (QED) is 0.607. The van der Waals surface area contributed by atoms with E-state index in [-0.39, 0.29) is 0 Å². The average Bonchev–Trinajstić information content (AvgIpc) is 2.40. The molecule has 0 aromatic heterocycles. The Kier molecular flexibility index (Phi) is 4.42. The molecular weight excluding hydrogens is 230 g/mol. The van der Waals surface area contributed by atoms with Crippen molar-refractivity contribution in [3.63, 3.8) is 0 Å². The van der Waals surface area contributed by atoms with Gasteiger partial charge in [0.15, 0.2) is 0 Å². The van der Waals surface area contributed by atoms with Crippen molar-refractivity contribution < 1.29 is 0 Å². The summed E-state index contributed by atoms with van der Waals surface area (Å²) < 4.78 is 0. The zero-order valence-electron chi connectivity index (χ0n) is 13.7. The molecule has 0 N–H and O–H groups in total. The van der Waals surface area contributed by atoms with Crippen LogP contribution in [0.2, 0.25) is 0 Å². The molecule has 2 fully saturated rings. The highest BCUT2D eigenvalue weighted by Crippen LogP contribution is 2.58. The van der Waals surface area contributed by atoms with Gasteiger partial charge in [-0.25, -0.2) is 0 Å². The van der Waals surface area contributed by atoms with Gasteiger partial charge < -0.3 is 0 Å². The molecule has 0 aliphatic heterocycles. The zero-order chi connectivity index (χ0) is 14.1. The molecule has 2 saturated carbocycles. The van der Waals surface area contributed by atoms with Crippen molar-refractivity contribution in [1.29, 1.82) is 0 Å². The molecular formula is C18H33N. The Morgan fingerprint density at radius 2 is 1.74 bits per heavy atom. The summed E-state index contributed by atoms with van der Waals surface area (Å²) in [5, 5.41) is 0. The Labute approximate surface area is 120 Å². The van der Waals surface area contributed by atoms with Crippen molar-refractivity contribution in [2.45, 2.75) is 73.1 Å². The molecule has 2 aliphatic carbocycles. The molecule has 5 unspecified atom stereocenters. The van der Waals surface area contributed by atoms with Crippen LogP contribution in [-0.4, -0.2) is 12.8 Å². The molecule has 2 aliphatic rings. The molecule has 0 bridgehead atoms. The summed E-state index contributed by atoms with van der Waals surface area (Å²) in [6.07, 6.45) is 10.5. The zero-order valence-corrected chi connectivity index (χ0v) is 13.7. The lowest BCUT2D eigenvalue weighted by atomic mass is 9.50. The minimum Gasteiger partial charge on any atom is -0.297 e. The van der Waals surface area contributed by atoms with Crippen LogP contribution in [0.1, 0.15) is 73.1 Å². The molecule has 0 amide bonds. The molecule has 2 rings (SSSR count). The number of hydrogen-bond acceptors (Lipinski definition) is 1. The fourth-order valence-electron chi connectivity index (χ4n) is 3.98. The van der Waals surface area contributed by atoms with E-state index in [1.165, 1.54) is 38.5 Å². The number of nitrogens with zero attached hydrogens (tertiary/aromatic N) is 1. The third kappa shape index (κ3) is 2.90. The van der Waals surface area contributed by atoms with E-state index in [1.54, 1.807) is 0 Å². The highest BCUT2D eigenvalue weighted by atomic mass is 14.8. The van der Waals surface area contributed by atoms with Gasteiger partial charge in [-0.05, 0) is 60.7 Å². The predicted molar refractivity (Wildman–Crippen MR) is 84.8 cm³/mol. The smallest absolute Gasteiger partial charge is 0.0444 e. The van der Waals surface area contributed by atoms with E-state index in [1.807, 2.05) is 0 Å². The van der Waals surface area contributed by atoms with Crippen LogP contribution in [-0.2, 0) is 0 Å². The lowest BCUT2D eigenvalue weighted by Gasteiger charge is -2.55. The van der Waals surface area contributed by atoms with E-state index in [0.717, 1.165) is 24.3 Å². The van der Waals surface area contributed by atoms with Crippen LogP contribution in [0.5, 0.6) is 0 Å². The molecule has 0 heterocycles. The van der Waals surface area contributed by atoms with Gasteiger partial charge in [-0.3, -0.25) is 4.99 Å². The summed E-state index contributed by atoms with van der Waals surface area (Å²) in [5.74, 6) is 2.55. The van der Waals surface area contributed by atoms with Gasteiger partial charge >= 0.3 is 0 Å². The summed E-state index contributed by atoms with van der Waals surface area (Å²) in [5.41, 5.74) is 1.00. The van der Waals surface area contributed by atoms with Crippen LogP contribution < -0.4 is 0 Å². The van der Waals surface area contributed by atoms with Gasteiger partial charge in [0.05, 0.1) is 0 Å². The van der Waals surface area contributed by atoms with Crippen LogP contribution in [0, 0.1) is 28.6 Å². The molecule has 0 saturated heterocycles. The lowest BCUT2D eigenvalue weighted by Crippen LogP contribution is -2.48. The molecule has 0 spiro atoms. The number of aliphatic imine (C=N–C) groups is 1.